The topological polar surface area (TPSA) is 79.2 Å². The third-order valence-corrected chi connectivity index (χ3v) is 4.94. The van der Waals surface area contributed by atoms with E-state index < -0.39 is 0 Å². The number of hydrogen-bond acceptors (Lipinski definition) is 7. The number of carbonyl (C=O) groups is 1. The second-order valence-electron chi connectivity index (χ2n) is 5.77. The fourth-order valence-electron chi connectivity index (χ4n) is 2.66. The first-order valence-electron chi connectivity index (χ1n) is 8.48. The summed E-state index contributed by atoms with van der Waals surface area (Å²) in [5, 5.41) is 10.4. The second-order valence-corrected chi connectivity index (χ2v) is 6.78. The van der Waals surface area contributed by atoms with Crippen LogP contribution in [0.25, 0.3) is 10.2 Å². The molecule has 0 bridgehead atoms. The first kappa shape index (κ1) is 17.2. The summed E-state index contributed by atoms with van der Waals surface area (Å²) in [6.07, 6.45) is 0. The lowest BCUT2D eigenvalue weighted by atomic mass is 10.2. The lowest BCUT2D eigenvalue weighted by molar-refractivity contribution is -0.112. The van der Waals surface area contributed by atoms with Gasteiger partial charge < -0.3 is 4.74 Å². The summed E-state index contributed by atoms with van der Waals surface area (Å²) in [4.78, 5) is 17.3. The number of aromatic nitrogens is 1. The Morgan fingerprint density at radius 1 is 1.19 bits per heavy atom. The van der Waals surface area contributed by atoms with Gasteiger partial charge in [0.2, 0.25) is 5.13 Å². The summed E-state index contributed by atoms with van der Waals surface area (Å²) in [7, 11) is 0. The fraction of sp³-hybridized carbons (Fsp3) is 0.158. The molecule has 0 saturated carbocycles. The molecule has 0 saturated heterocycles. The van der Waals surface area contributed by atoms with Crippen molar-refractivity contribution in [2.75, 3.05) is 17.0 Å². The number of carbonyl (C=O) groups excluding carboxylic acids is 1. The number of hydrazone groups is 2. The van der Waals surface area contributed by atoms with E-state index in [9.17, 15) is 4.79 Å². The van der Waals surface area contributed by atoms with Gasteiger partial charge in [0.1, 0.15) is 5.75 Å². The highest BCUT2D eigenvalue weighted by atomic mass is 32.1. The standard InChI is InChI=1S/C19H17N5O2S/c1-3-26-15-10-6-4-8-13(15)21-22-17-12(2)23-24(18(17)25)19-20-14-9-5-7-11-16(14)27-19/h4-11,21H,3H2,1-2H3/b22-17+. The quantitative estimate of drug-likeness (QED) is 0.682. The van der Waals surface area contributed by atoms with Crippen molar-refractivity contribution in [2.45, 2.75) is 13.8 Å². The summed E-state index contributed by atoms with van der Waals surface area (Å²) in [5.41, 5.74) is 5.22. The molecule has 1 aliphatic rings. The Kier molecular flexibility index (Phi) is 4.55. The van der Waals surface area contributed by atoms with Gasteiger partial charge in [-0.3, -0.25) is 10.2 Å². The number of nitrogens with zero attached hydrogens (tertiary/aromatic N) is 4. The highest BCUT2D eigenvalue weighted by Crippen LogP contribution is 2.30. The molecular formula is C19H17N5O2S. The molecule has 4 rings (SSSR count). The zero-order valence-corrected chi connectivity index (χ0v) is 15.7. The molecule has 8 heteroatoms. The maximum atomic E-state index is 12.8. The molecule has 27 heavy (non-hydrogen) atoms. The molecule has 0 unspecified atom stereocenters. The number of ether oxygens (including phenoxy) is 1. The average Bonchev–Trinajstić information content (AvgIpc) is 3.22. The van der Waals surface area contributed by atoms with E-state index in [1.807, 2.05) is 55.5 Å². The van der Waals surface area contributed by atoms with E-state index in [0.29, 0.717) is 28.9 Å². The van der Waals surface area contributed by atoms with Crippen molar-refractivity contribution in [1.29, 1.82) is 0 Å². The second kappa shape index (κ2) is 7.16. The van der Waals surface area contributed by atoms with Crippen molar-refractivity contribution in [1.82, 2.24) is 4.98 Å². The largest absolute Gasteiger partial charge is 0.492 e. The van der Waals surface area contributed by atoms with Crippen molar-refractivity contribution >= 4 is 49.7 Å². The van der Waals surface area contributed by atoms with Crippen molar-refractivity contribution in [3.63, 3.8) is 0 Å². The maximum absolute atomic E-state index is 12.8. The van der Waals surface area contributed by atoms with Crippen LogP contribution in [-0.4, -0.2) is 28.9 Å². The van der Waals surface area contributed by atoms with E-state index >= 15 is 0 Å². The van der Waals surface area contributed by atoms with E-state index in [1.54, 1.807) is 6.92 Å². The number of rotatable bonds is 5. The summed E-state index contributed by atoms with van der Waals surface area (Å²) < 4.78 is 6.57. The number of hydrogen-bond donors (Lipinski definition) is 1. The van der Waals surface area contributed by atoms with Gasteiger partial charge in [0.25, 0.3) is 0 Å². The van der Waals surface area contributed by atoms with Gasteiger partial charge in [-0.2, -0.15) is 15.2 Å². The Morgan fingerprint density at radius 3 is 2.78 bits per heavy atom. The van der Waals surface area contributed by atoms with Gasteiger partial charge in [-0.15, -0.1) is 0 Å². The predicted molar refractivity (Wildman–Crippen MR) is 109 cm³/mol. The Morgan fingerprint density at radius 2 is 1.96 bits per heavy atom. The normalized spacial score (nSPS) is 15.5. The lowest BCUT2D eigenvalue weighted by Crippen LogP contribution is -2.27. The minimum absolute atomic E-state index is 0.251. The monoisotopic (exact) mass is 379 g/mol. The zero-order chi connectivity index (χ0) is 18.8. The summed E-state index contributed by atoms with van der Waals surface area (Å²) in [5.74, 6) is 0.361. The highest BCUT2D eigenvalue weighted by molar-refractivity contribution is 7.22. The van der Waals surface area contributed by atoms with Crippen molar-refractivity contribution < 1.29 is 9.53 Å². The molecule has 0 spiro atoms. The molecule has 7 nitrogen and oxygen atoms in total. The molecule has 136 valence electrons. The molecule has 1 amide bonds. The Hall–Kier alpha value is -3.26. The van der Waals surface area contributed by atoms with Crippen LogP contribution < -0.4 is 15.2 Å². The minimum atomic E-state index is -0.312. The van der Waals surface area contributed by atoms with Crippen LogP contribution in [0, 0.1) is 0 Å². The molecule has 0 aliphatic carbocycles. The Bertz CT molecular complexity index is 1040. The molecule has 1 aliphatic heterocycles. The zero-order valence-electron chi connectivity index (χ0n) is 14.8. The van der Waals surface area contributed by atoms with Gasteiger partial charge in [-0.1, -0.05) is 35.6 Å². The van der Waals surface area contributed by atoms with Gasteiger partial charge in [0.05, 0.1) is 28.2 Å². The number of anilines is 2. The van der Waals surface area contributed by atoms with Crippen LogP contribution in [0.15, 0.2) is 58.7 Å². The number of nitrogens with one attached hydrogen (secondary N) is 1. The van der Waals surface area contributed by atoms with Gasteiger partial charge in [-0.05, 0) is 38.1 Å². The SMILES string of the molecule is CCOc1ccccc1N/N=C1/C(=O)N(c2nc3ccccc3s2)N=C1C. The fourth-order valence-corrected chi connectivity index (χ4v) is 3.58. The molecule has 3 aromatic rings. The van der Waals surface area contributed by atoms with Crippen molar-refractivity contribution in [3.05, 3.63) is 48.5 Å². The van der Waals surface area contributed by atoms with E-state index in [0.717, 1.165) is 10.2 Å². The van der Waals surface area contributed by atoms with E-state index in [2.05, 4.69) is 20.6 Å². The van der Waals surface area contributed by atoms with Crippen LogP contribution in [-0.2, 0) is 4.79 Å². The van der Waals surface area contributed by atoms with Gasteiger partial charge >= 0.3 is 5.91 Å². The molecule has 1 aromatic heterocycles. The van der Waals surface area contributed by atoms with Crippen LogP contribution >= 0.6 is 11.3 Å². The Labute approximate surface area is 160 Å². The molecule has 0 radical (unpaired) electrons. The molecule has 0 fully saturated rings. The number of thiazole rings is 1. The van der Waals surface area contributed by atoms with E-state index in [-0.39, 0.29) is 11.6 Å². The third-order valence-electron chi connectivity index (χ3n) is 3.93. The van der Waals surface area contributed by atoms with Crippen LogP contribution in [0.4, 0.5) is 10.8 Å². The maximum Gasteiger partial charge on any atom is 0.303 e. The first-order chi connectivity index (χ1) is 13.2. The van der Waals surface area contributed by atoms with Crippen LogP contribution in [0.5, 0.6) is 5.75 Å². The Balaban J connectivity index is 1.59. The third kappa shape index (κ3) is 3.26. The van der Waals surface area contributed by atoms with Crippen molar-refractivity contribution in [2.24, 2.45) is 10.2 Å². The van der Waals surface area contributed by atoms with Crippen LogP contribution in [0.3, 0.4) is 0 Å². The molecule has 2 heterocycles. The smallest absolute Gasteiger partial charge is 0.303 e. The van der Waals surface area contributed by atoms with Crippen LogP contribution in [0.2, 0.25) is 0 Å². The highest BCUT2D eigenvalue weighted by Gasteiger charge is 2.32. The minimum Gasteiger partial charge on any atom is -0.492 e. The lowest BCUT2D eigenvalue weighted by Gasteiger charge is -2.09. The molecule has 1 N–H and O–H groups in total. The van der Waals surface area contributed by atoms with Gasteiger partial charge in [0.15, 0.2) is 5.71 Å². The van der Waals surface area contributed by atoms with Crippen LogP contribution in [0.1, 0.15) is 13.8 Å². The van der Waals surface area contributed by atoms with Crippen molar-refractivity contribution in [3.8, 4) is 5.75 Å². The number of amides is 1. The molecule has 2 aromatic carbocycles. The van der Waals surface area contributed by atoms with Gasteiger partial charge in [-0.25, -0.2) is 4.98 Å². The summed E-state index contributed by atoms with van der Waals surface area (Å²) in [6, 6.07) is 15.2. The number of fused-ring (bicyclic) bond motifs is 1. The first-order valence-corrected chi connectivity index (χ1v) is 9.30. The molecule has 0 atom stereocenters. The summed E-state index contributed by atoms with van der Waals surface area (Å²) in [6.45, 7) is 4.20. The number of benzene rings is 2. The molecular weight excluding hydrogens is 362 g/mol. The van der Waals surface area contributed by atoms with E-state index in [1.165, 1.54) is 16.3 Å². The van der Waals surface area contributed by atoms with E-state index in [4.69, 9.17) is 4.74 Å². The number of para-hydroxylation sites is 3. The average molecular weight is 379 g/mol. The summed E-state index contributed by atoms with van der Waals surface area (Å²) >= 11 is 1.42. The predicted octanol–water partition coefficient (Wildman–Crippen LogP) is 3.89. The van der Waals surface area contributed by atoms with Gasteiger partial charge in [0, 0.05) is 0 Å².